The van der Waals surface area contributed by atoms with Gasteiger partial charge < -0.3 is 5.32 Å². The summed E-state index contributed by atoms with van der Waals surface area (Å²) in [4.78, 5) is 15.6. The van der Waals surface area contributed by atoms with Gasteiger partial charge >= 0.3 is 0 Å². The Morgan fingerprint density at radius 1 is 1.05 bits per heavy atom. The molecule has 108 valence electrons. The third-order valence-corrected chi connectivity index (χ3v) is 4.05. The minimum Gasteiger partial charge on any atom is -0.326 e. The minimum atomic E-state index is -0.348. The van der Waals surface area contributed by atoms with E-state index in [1.54, 1.807) is 12.4 Å². The Bertz CT molecular complexity index is 899. The Morgan fingerprint density at radius 3 is 2.82 bits per heavy atom. The Hall–Kier alpha value is -2.75. The van der Waals surface area contributed by atoms with Crippen molar-refractivity contribution in [1.82, 2.24) is 4.98 Å². The number of anilines is 1. The highest BCUT2D eigenvalue weighted by Gasteiger charge is 2.19. The molecule has 0 spiro atoms. The van der Waals surface area contributed by atoms with Crippen LogP contribution >= 0.6 is 0 Å². The number of carbonyl (C=O) groups excluding carboxylic acids is 1. The fourth-order valence-electron chi connectivity index (χ4n) is 2.94. The summed E-state index contributed by atoms with van der Waals surface area (Å²) in [7, 11) is 0. The van der Waals surface area contributed by atoms with Crippen LogP contribution in [-0.2, 0) is 11.2 Å². The maximum absolute atomic E-state index is 14.5. The molecule has 1 amide bonds. The first kappa shape index (κ1) is 13.0. The van der Waals surface area contributed by atoms with Crippen LogP contribution in [0, 0.1) is 5.82 Å². The van der Waals surface area contributed by atoms with E-state index in [0.717, 1.165) is 21.9 Å². The molecule has 0 radical (unpaired) electrons. The van der Waals surface area contributed by atoms with Gasteiger partial charge in [0.05, 0.1) is 0 Å². The van der Waals surface area contributed by atoms with Gasteiger partial charge in [0.25, 0.3) is 0 Å². The number of aryl methyl sites for hydroxylation is 1. The molecule has 0 saturated heterocycles. The van der Waals surface area contributed by atoms with Gasteiger partial charge in [0.2, 0.25) is 5.91 Å². The summed E-state index contributed by atoms with van der Waals surface area (Å²) < 4.78 is 14.5. The molecule has 0 fully saturated rings. The van der Waals surface area contributed by atoms with E-state index in [2.05, 4.69) is 10.3 Å². The van der Waals surface area contributed by atoms with Crippen LogP contribution in [0.15, 0.2) is 48.8 Å². The lowest BCUT2D eigenvalue weighted by Gasteiger charge is -2.18. The Kier molecular flexibility index (Phi) is 2.89. The predicted molar refractivity (Wildman–Crippen MR) is 84.1 cm³/mol. The maximum atomic E-state index is 14.5. The average molecular weight is 292 g/mol. The fraction of sp³-hybridized carbons (Fsp3) is 0.111. The van der Waals surface area contributed by atoms with Crippen molar-refractivity contribution in [3.05, 3.63) is 60.2 Å². The largest absolute Gasteiger partial charge is 0.326 e. The number of rotatable bonds is 1. The highest BCUT2D eigenvalue weighted by molar-refractivity contribution is 5.98. The van der Waals surface area contributed by atoms with Gasteiger partial charge in [-0.2, -0.15) is 0 Å². The molecule has 0 bridgehead atoms. The Balaban J connectivity index is 1.94. The second-order valence-electron chi connectivity index (χ2n) is 5.45. The third kappa shape index (κ3) is 2.04. The standard InChI is InChI=1S/C18H13FN2O/c19-16-8-17-11(5-6-18(22)21-17)7-14(16)15-10-20-9-12-3-1-2-4-13(12)15/h1-4,7-10H,5-6H2,(H,21,22). The highest BCUT2D eigenvalue weighted by atomic mass is 19.1. The minimum absolute atomic E-state index is 0.0634. The van der Waals surface area contributed by atoms with E-state index in [9.17, 15) is 9.18 Å². The molecule has 1 aliphatic rings. The number of benzene rings is 2. The van der Waals surface area contributed by atoms with Gasteiger partial charge in [-0.05, 0) is 29.5 Å². The Morgan fingerprint density at radius 2 is 1.91 bits per heavy atom. The summed E-state index contributed by atoms with van der Waals surface area (Å²) >= 11 is 0. The van der Waals surface area contributed by atoms with Crippen LogP contribution in [0.1, 0.15) is 12.0 Å². The quantitative estimate of drug-likeness (QED) is 0.738. The number of nitrogens with one attached hydrogen (secondary N) is 1. The molecule has 3 nitrogen and oxygen atoms in total. The van der Waals surface area contributed by atoms with Crippen LogP contribution in [0.3, 0.4) is 0 Å². The summed E-state index contributed by atoms with van der Waals surface area (Å²) in [6.45, 7) is 0. The highest BCUT2D eigenvalue weighted by Crippen LogP contribution is 2.34. The lowest BCUT2D eigenvalue weighted by Crippen LogP contribution is -2.19. The maximum Gasteiger partial charge on any atom is 0.224 e. The van der Waals surface area contributed by atoms with Crippen molar-refractivity contribution in [2.45, 2.75) is 12.8 Å². The molecular weight excluding hydrogens is 279 g/mol. The molecule has 4 rings (SSSR count). The third-order valence-electron chi connectivity index (χ3n) is 4.05. The zero-order chi connectivity index (χ0) is 15.1. The van der Waals surface area contributed by atoms with Gasteiger partial charge in [0.15, 0.2) is 0 Å². The molecule has 0 unspecified atom stereocenters. The van der Waals surface area contributed by atoms with Gasteiger partial charge in [0, 0.05) is 41.0 Å². The van der Waals surface area contributed by atoms with Gasteiger partial charge in [-0.25, -0.2) is 4.39 Å². The van der Waals surface area contributed by atoms with Crippen molar-refractivity contribution < 1.29 is 9.18 Å². The predicted octanol–water partition coefficient (Wildman–Crippen LogP) is 3.93. The summed E-state index contributed by atoms with van der Waals surface area (Å²) in [5.41, 5.74) is 2.84. The van der Waals surface area contributed by atoms with Gasteiger partial charge in [-0.3, -0.25) is 9.78 Å². The zero-order valence-electron chi connectivity index (χ0n) is 11.8. The van der Waals surface area contributed by atoms with Crippen LogP contribution in [0.5, 0.6) is 0 Å². The van der Waals surface area contributed by atoms with Crippen molar-refractivity contribution in [3.8, 4) is 11.1 Å². The number of halogens is 1. The summed E-state index contributed by atoms with van der Waals surface area (Å²) in [5.74, 6) is -0.411. The van der Waals surface area contributed by atoms with Gasteiger partial charge in [-0.15, -0.1) is 0 Å². The van der Waals surface area contributed by atoms with Gasteiger partial charge in [0.1, 0.15) is 5.82 Å². The van der Waals surface area contributed by atoms with E-state index in [1.807, 2.05) is 30.3 Å². The van der Waals surface area contributed by atoms with Crippen molar-refractivity contribution in [2.75, 3.05) is 5.32 Å². The fourth-order valence-corrected chi connectivity index (χ4v) is 2.94. The van der Waals surface area contributed by atoms with E-state index in [1.165, 1.54) is 6.07 Å². The first-order chi connectivity index (χ1) is 10.7. The second kappa shape index (κ2) is 4.91. The molecule has 1 aromatic heterocycles. The normalized spacial score (nSPS) is 13.8. The number of nitrogens with zero attached hydrogens (tertiary/aromatic N) is 1. The van der Waals surface area contributed by atoms with E-state index in [-0.39, 0.29) is 11.7 Å². The zero-order valence-corrected chi connectivity index (χ0v) is 11.8. The molecule has 2 heterocycles. The lowest BCUT2D eigenvalue weighted by molar-refractivity contribution is -0.116. The summed E-state index contributed by atoms with van der Waals surface area (Å²) in [6.07, 6.45) is 4.53. The van der Waals surface area contributed by atoms with Crippen molar-refractivity contribution in [3.63, 3.8) is 0 Å². The second-order valence-corrected chi connectivity index (χ2v) is 5.45. The number of hydrogen-bond donors (Lipinski definition) is 1. The van der Waals surface area contributed by atoms with E-state index >= 15 is 0 Å². The molecule has 0 saturated carbocycles. The molecule has 0 atom stereocenters. The van der Waals surface area contributed by atoms with E-state index in [0.29, 0.717) is 24.1 Å². The van der Waals surface area contributed by atoms with Crippen LogP contribution in [-0.4, -0.2) is 10.9 Å². The monoisotopic (exact) mass is 292 g/mol. The lowest BCUT2D eigenvalue weighted by atomic mass is 9.95. The SMILES string of the molecule is O=C1CCc2cc(-c3cncc4ccccc34)c(F)cc2N1. The number of aromatic nitrogens is 1. The van der Waals surface area contributed by atoms with Crippen molar-refractivity contribution >= 4 is 22.4 Å². The molecule has 2 aromatic carbocycles. The number of carbonyl (C=O) groups is 1. The molecule has 4 heteroatoms. The first-order valence-corrected chi connectivity index (χ1v) is 7.18. The van der Waals surface area contributed by atoms with Crippen molar-refractivity contribution in [2.24, 2.45) is 0 Å². The molecule has 1 N–H and O–H groups in total. The van der Waals surface area contributed by atoms with E-state index in [4.69, 9.17) is 0 Å². The van der Waals surface area contributed by atoms with E-state index < -0.39 is 0 Å². The topological polar surface area (TPSA) is 42.0 Å². The Labute approximate surface area is 126 Å². The van der Waals surface area contributed by atoms with Crippen LogP contribution in [0.25, 0.3) is 21.9 Å². The van der Waals surface area contributed by atoms with Gasteiger partial charge in [-0.1, -0.05) is 24.3 Å². The van der Waals surface area contributed by atoms with Crippen LogP contribution in [0.4, 0.5) is 10.1 Å². The summed E-state index contributed by atoms with van der Waals surface area (Å²) in [5, 5.41) is 4.67. The molecule has 22 heavy (non-hydrogen) atoms. The molecule has 1 aliphatic heterocycles. The number of fused-ring (bicyclic) bond motifs is 2. The number of pyridine rings is 1. The molecular formula is C18H13FN2O. The van der Waals surface area contributed by atoms with Crippen LogP contribution in [0.2, 0.25) is 0 Å². The molecule has 0 aliphatic carbocycles. The van der Waals surface area contributed by atoms with Crippen LogP contribution < -0.4 is 5.32 Å². The van der Waals surface area contributed by atoms with Crippen molar-refractivity contribution in [1.29, 1.82) is 0 Å². The number of amides is 1. The molecule has 3 aromatic rings. The average Bonchev–Trinajstić information content (AvgIpc) is 2.54. The smallest absolute Gasteiger partial charge is 0.224 e. The first-order valence-electron chi connectivity index (χ1n) is 7.18. The number of hydrogen-bond acceptors (Lipinski definition) is 2. The summed E-state index contributed by atoms with van der Waals surface area (Å²) in [6, 6.07) is 11.0.